The van der Waals surface area contributed by atoms with Gasteiger partial charge in [-0.15, -0.1) is 0 Å². The van der Waals surface area contributed by atoms with E-state index in [1.54, 1.807) is 0 Å². The molecular formula is C16H22N2. The summed E-state index contributed by atoms with van der Waals surface area (Å²) in [5.41, 5.74) is 7.33. The van der Waals surface area contributed by atoms with Crippen molar-refractivity contribution in [1.82, 2.24) is 4.98 Å². The van der Waals surface area contributed by atoms with Crippen LogP contribution in [0.25, 0.3) is 10.9 Å². The van der Waals surface area contributed by atoms with Crippen LogP contribution in [0.4, 0.5) is 5.69 Å². The minimum atomic E-state index is 1.01. The zero-order valence-electron chi connectivity index (χ0n) is 12.0. The normalized spacial score (nSPS) is 10.9. The van der Waals surface area contributed by atoms with Gasteiger partial charge in [0.1, 0.15) is 0 Å². The van der Waals surface area contributed by atoms with Gasteiger partial charge in [0.25, 0.3) is 0 Å². The Kier molecular flexibility index (Phi) is 3.55. The molecule has 0 aliphatic heterocycles. The van der Waals surface area contributed by atoms with E-state index in [2.05, 4.69) is 52.1 Å². The highest BCUT2D eigenvalue weighted by atomic mass is 14.9. The first-order valence-electron chi connectivity index (χ1n) is 6.66. The number of rotatable bonds is 3. The van der Waals surface area contributed by atoms with Crippen molar-refractivity contribution in [1.29, 1.82) is 0 Å². The molecule has 0 bridgehead atoms. The van der Waals surface area contributed by atoms with Crippen molar-refractivity contribution in [2.45, 2.75) is 41.0 Å². The molecule has 2 rings (SSSR count). The summed E-state index contributed by atoms with van der Waals surface area (Å²) >= 11 is 0. The van der Waals surface area contributed by atoms with Gasteiger partial charge in [-0.1, -0.05) is 13.0 Å². The van der Waals surface area contributed by atoms with Gasteiger partial charge in [-0.3, -0.25) is 4.98 Å². The highest BCUT2D eigenvalue weighted by molar-refractivity contribution is 5.96. The van der Waals surface area contributed by atoms with Crippen molar-refractivity contribution < 1.29 is 0 Å². The van der Waals surface area contributed by atoms with Crippen LogP contribution in [0.1, 0.15) is 35.7 Å². The molecule has 0 saturated carbocycles. The molecule has 2 aromatic rings. The summed E-state index contributed by atoms with van der Waals surface area (Å²) < 4.78 is 0. The first-order valence-corrected chi connectivity index (χ1v) is 6.66. The van der Waals surface area contributed by atoms with E-state index in [9.17, 15) is 0 Å². The molecule has 18 heavy (non-hydrogen) atoms. The lowest BCUT2D eigenvalue weighted by atomic mass is 10.0. The average Bonchev–Trinajstić information content (AvgIpc) is 2.30. The topological polar surface area (TPSA) is 24.9 Å². The third-order valence-corrected chi connectivity index (χ3v) is 3.47. The summed E-state index contributed by atoms with van der Waals surface area (Å²) in [6.45, 7) is 11.7. The number of hydrogen-bond donors (Lipinski definition) is 1. The minimum Gasteiger partial charge on any atom is -0.384 e. The summed E-state index contributed by atoms with van der Waals surface area (Å²) in [4.78, 5) is 4.73. The fraction of sp³-hybridized carbons (Fsp3) is 0.438. The molecule has 0 saturated heterocycles. The van der Waals surface area contributed by atoms with Crippen LogP contribution in [0.3, 0.4) is 0 Å². The van der Waals surface area contributed by atoms with Crippen LogP contribution in [0, 0.1) is 27.7 Å². The smallest absolute Gasteiger partial charge is 0.0731 e. The Labute approximate surface area is 109 Å². The molecular weight excluding hydrogens is 220 g/mol. The van der Waals surface area contributed by atoms with Gasteiger partial charge in [0, 0.05) is 23.3 Å². The average molecular weight is 242 g/mol. The summed E-state index contributed by atoms with van der Waals surface area (Å²) in [5, 5.41) is 4.84. The van der Waals surface area contributed by atoms with E-state index < -0.39 is 0 Å². The number of pyridine rings is 1. The summed E-state index contributed by atoms with van der Waals surface area (Å²) in [6.07, 6.45) is 1.13. The van der Waals surface area contributed by atoms with Crippen LogP contribution in [0.5, 0.6) is 0 Å². The van der Waals surface area contributed by atoms with Gasteiger partial charge in [0.05, 0.1) is 5.52 Å². The van der Waals surface area contributed by atoms with Crippen LogP contribution >= 0.6 is 0 Å². The molecule has 2 heteroatoms. The number of hydrogen-bond acceptors (Lipinski definition) is 2. The molecule has 1 heterocycles. The van der Waals surface area contributed by atoms with Crippen molar-refractivity contribution in [3.63, 3.8) is 0 Å². The molecule has 0 amide bonds. The van der Waals surface area contributed by atoms with Gasteiger partial charge in [-0.2, -0.15) is 0 Å². The molecule has 1 N–H and O–H groups in total. The Morgan fingerprint density at radius 1 is 1.11 bits per heavy atom. The quantitative estimate of drug-likeness (QED) is 0.868. The molecule has 96 valence electrons. The van der Waals surface area contributed by atoms with Crippen molar-refractivity contribution in [2.75, 3.05) is 11.9 Å². The van der Waals surface area contributed by atoms with Gasteiger partial charge in [0.2, 0.25) is 0 Å². The van der Waals surface area contributed by atoms with E-state index in [4.69, 9.17) is 4.98 Å². The van der Waals surface area contributed by atoms with Crippen molar-refractivity contribution in [3.05, 3.63) is 34.5 Å². The number of anilines is 1. The van der Waals surface area contributed by atoms with Gasteiger partial charge in [-0.25, -0.2) is 0 Å². The molecule has 1 aromatic heterocycles. The zero-order chi connectivity index (χ0) is 13.3. The Bertz CT molecular complexity index is 585. The molecule has 0 atom stereocenters. The maximum absolute atomic E-state index is 4.73. The van der Waals surface area contributed by atoms with Crippen molar-refractivity contribution >= 4 is 16.6 Å². The Morgan fingerprint density at radius 2 is 1.83 bits per heavy atom. The van der Waals surface area contributed by atoms with Crippen LogP contribution in [-0.4, -0.2) is 11.5 Å². The molecule has 0 aliphatic carbocycles. The highest BCUT2D eigenvalue weighted by Gasteiger charge is 2.11. The molecule has 0 fully saturated rings. The van der Waals surface area contributed by atoms with Gasteiger partial charge in [-0.05, 0) is 56.9 Å². The van der Waals surface area contributed by atoms with E-state index in [1.807, 2.05) is 0 Å². The number of nitrogens with one attached hydrogen (secondary N) is 1. The van der Waals surface area contributed by atoms with Crippen LogP contribution in [0.2, 0.25) is 0 Å². The summed E-state index contributed by atoms with van der Waals surface area (Å²) in [7, 11) is 0. The fourth-order valence-corrected chi connectivity index (χ4v) is 2.46. The second kappa shape index (κ2) is 4.97. The number of nitrogens with zero attached hydrogens (tertiary/aromatic N) is 1. The summed E-state index contributed by atoms with van der Waals surface area (Å²) in [5.74, 6) is 0. The molecule has 0 aliphatic rings. The largest absolute Gasteiger partial charge is 0.384 e. The van der Waals surface area contributed by atoms with Crippen LogP contribution in [0.15, 0.2) is 12.1 Å². The molecule has 1 aromatic carbocycles. The van der Waals surface area contributed by atoms with Gasteiger partial charge >= 0.3 is 0 Å². The zero-order valence-corrected chi connectivity index (χ0v) is 12.0. The monoisotopic (exact) mass is 242 g/mol. The number of benzene rings is 1. The number of fused-ring (bicyclic) bond motifs is 1. The third kappa shape index (κ3) is 2.20. The second-order valence-electron chi connectivity index (χ2n) is 5.10. The highest BCUT2D eigenvalue weighted by Crippen LogP contribution is 2.31. The van der Waals surface area contributed by atoms with E-state index >= 15 is 0 Å². The van der Waals surface area contributed by atoms with E-state index in [0.717, 1.165) is 24.2 Å². The number of aryl methyl sites for hydroxylation is 3. The summed E-state index contributed by atoms with van der Waals surface area (Å²) in [6, 6.07) is 4.40. The lowest BCUT2D eigenvalue weighted by Gasteiger charge is -2.16. The predicted molar refractivity (Wildman–Crippen MR) is 79.5 cm³/mol. The van der Waals surface area contributed by atoms with E-state index in [1.165, 1.54) is 27.8 Å². The van der Waals surface area contributed by atoms with Crippen LogP contribution in [-0.2, 0) is 0 Å². The number of aromatic nitrogens is 1. The van der Waals surface area contributed by atoms with Crippen molar-refractivity contribution in [3.8, 4) is 0 Å². The SMILES string of the molecule is CCCNc1c(C)c(C)nc2cc(C)cc(C)c12. The maximum Gasteiger partial charge on any atom is 0.0731 e. The predicted octanol–water partition coefficient (Wildman–Crippen LogP) is 4.29. The third-order valence-electron chi connectivity index (χ3n) is 3.47. The van der Waals surface area contributed by atoms with E-state index in [-0.39, 0.29) is 0 Å². The van der Waals surface area contributed by atoms with Crippen LogP contribution < -0.4 is 5.32 Å². The first kappa shape index (κ1) is 12.9. The standard InChI is InChI=1S/C16H22N2/c1-6-7-17-16-12(4)13(5)18-14-9-10(2)8-11(3)15(14)16/h8-9H,6-7H2,1-5H3,(H,17,18). The van der Waals surface area contributed by atoms with E-state index in [0.29, 0.717) is 0 Å². The fourth-order valence-electron chi connectivity index (χ4n) is 2.46. The molecule has 0 unspecified atom stereocenters. The molecule has 0 radical (unpaired) electrons. The Hall–Kier alpha value is -1.57. The lowest BCUT2D eigenvalue weighted by Crippen LogP contribution is -2.05. The van der Waals surface area contributed by atoms with Crippen molar-refractivity contribution in [2.24, 2.45) is 0 Å². The van der Waals surface area contributed by atoms with Gasteiger partial charge in [0.15, 0.2) is 0 Å². The molecule has 0 spiro atoms. The lowest BCUT2D eigenvalue weighted by molar-refractivity contribution is 0.976. The minimum absolute atomic E-state index is 1.01. The Morgan fingerprint density at radius 3 is 2.50 bits per heavy atom. The maximum atomic E-state index is 4.73. The Balaban J connectivity index is 2.75. The second-order valence-corrected chi connectivity index (χ2v) is 5.10. The first-order chi connectivity index (χ1) is 8.54. The van der Waals surface area contributed by atoms with Gasteiger partial charge < -0.3 is 5.32 Å². The molecule has 2 nitrogen and oxygen atoms in total.